The molecule has 0 aliphatic heterocycles. The van der Waals surface area contributed by atoms with E-state index in [9.17, 15) is 4.79 Å². The SMILES string of the molecule is CC1CC=CC(C)(C)C=C1CNC(C(N)=O)C1Cc2ccccc2C1. The van der Waals surface area contributed by atoms with Crippen molar-refractivity contribution in [2.45, 2.75) is 46.1 Å². The zero-order valence-electron chi connectivity index (χ0n) is 15.6. The van der Waals surface area contributed by atoms with E-state index in [1.807, 2.05) is 0 Å². The van der Waals surface area contributed by atoms with Gasteiger partial charge in [-0.05, 0) is 42.2 Å². The quantitative estimate of drug-likeness (QED) is 0.809. The van der Waals surface area contributed by atoms with Gasteiger partial charge in [-0.1, -0.05) is 68.8 Å². The molecule has 1 aromatic carbocycles. The van der Waals surface area contributed by atoms with Crippen molar-refractivity contribution in [2.24, 2.45) is 23.0 Å². The number of carbonyl (C=O) groups is 1. The number of primary amides is 1. The van der Waals surface area contributed by atoms with E-state index in [1.165, 1.54) is 16.7 Å². The van der Waals surface area contributed by atoms with Crippen LogP contribution in [0, 0.1) is 17.3 Å². The monoisotopic (exact) mass is 338 g/mol. The molecule has 3 rings (SSSR count). The van der Waals surface area contributed by atoms with Gasteiger partial charge in [0.05, 0.1) is 6.04 Å². The first-order chi connectivity index (χ1) is 11.9. The van der Waals surface area contributed by atoms with Gasteiger partial charge in [-0.3, -0.25) is 4.79 Å². The molecule has 0 heterocycles. The van der Waals surface area contributed by atoms with Crippen molar-refractivity contribution in [3.63, 3.8) is 0 Å². The van der Waals surface area contributed by atoms with Gasteiger partial charge in [0.1, 0.15) is 0 Å². The summed E-state index contributed by atoms with van der Waals surface area (Å²) in [4.78, 5) is 12.1. The van der Waals surface area contributed by atoms with E-state index in [2.05, 4.69) is 68.6 Å². The highest BCUT2D eigenvalue weighted by molar-refractivity contribution is 5.80. The summed E-state index contributed by atoms with van der Waals surface area (Å²) in [5, 5.41) is 3.49. The number of fused-ring (bicyclic) bond motifs is 1. The summed E-state index contributed by atoms with van der Waals surface area (Å²) in [6.45, 7) is 7.43. The lowest BCUT2D eigenvalue weighted by molar-refractivity contribution is -0.121. The molecule has 0 radical (unpaired) electrons. The molecule has 1 aromatic rings. The Morgan fingerprint density at radius 3 is 2.52 bits per heavy atom. The number of hydrogen-bond acceptors (Lipinski definition) is 2. The third-order valence-electron chi connectivity index (χ3n) is 5.61. The fourth-order valence-corrected chi connectivity index (χ4v) is 4.18. The Bertz CT molecular complexity index is 677. The molecule has 0 saturated heterocycles. The first kappa shape index (κ1) is 17.9. The number of hydrogen-bond donors (Lipinski definition) is 2. The summed E-state index contributed by atoms with van der Waals surface area (Å²) in [5.74, 6) is 0.500. The average Bonchev–Trinajstić information content (AvgIpc) is 2.91. The molecule has 0 spiro atoms. The predicted octanol–water partition coefficient (Wildman–Crippen LogP) is 3.39. The molecular weight excluding hydrogens is 308 g/mol. The molecule has 0 aromatic heterocycles. The van der Waals surface area contributed by atoms with Gasteiger partial charge >= 0.3 is 0 Å². The Kier molecular flexibility index (Phi) is 5.14. The van der Waals surface area contributed by atoms with Crippen molar-refractivity contribution in [1.29, 1.82) is 0 Å². The average molecular weight is 338 g/mol. The van der Waals surface area contributed by atoms with Gasteiger partial charge in [0.25, 0.3) is 0 Å². The number of rotatable bonds is 5. The molecule has 0 bridgehead atoms. The van der Waals surface area contributed by atoms with Gasteiger partial charge in [0, 0.05) is 12.0 Å². The van der Waals surface area contributed by atoms with E-state index in [-0.39, 0.29) is 23.3 Å². The van der Waals surface area contributed by atoms with E-state index < -0.39 is 0 Å². The Morgan fingerprint density at radius 2 is 1.92 bits per heavy atom. The molecule has 2 unspecified atom stereocenters. The van der Waals surface area contributed by atoms with Crippen LogP contribution in [0.4, 0.5) is 0 Å². The van der Waals surface area contributed by atoms with Gasteiger partial charge in [0.15, 0.2) is 0 Å². The van der Waals surface area contributed by atoms with Crippen LogP contribution >= 0.6 is 0 Å². The van der Waals surface area contributed by atoms with Gasteiger partial charge in [-0.2, -0.15) is 0 Å². The first-order valence-electron chi connectivity index (χ1n) is 9.34. The van der Waals surface area contributed by atoms with Crippen LogP contribution in [0.25, 0.3) is 0 Å². The van der Waals surface area contributed by atoms with E-state index >= 15 is 0 Å². The van der Waals surface area contributed by atoms with Crippen molar-refractivity contribution in [2.75, 3.05) is 6.54 Å². The molecule has 2 aliphatic rings. The maximum atomic E-state index is 12.1. The predicted molar refractivity (Wildman–Crippen MR) is 103 cm³/mol. The second-order valence-corrected chi connectivity index (χ2v) is 8.28. The molecule has 25 heavy (non-hydrogen) atoms. The molecule has 3 N–H and O–H groups in total. The minimum atomic E-state index is -0.278. The lowest BCUT2D eigenvalue weighted by Gasteiger charge is -2.25. The summed E-state index contributed by atoms with van der Waals surface area (Å²) in [7, 11) is 0. The van der Waals surface area contributed by atoms with Crippen LogP contribution in [0.3, 0.4) is 0 Å². The van der Waals surface area contributed by atoms with Crippen LogP contribution in [0.5, 0.6) is 0 Å². The number of amides is 1. The second-order valence-electron chi connectivity index (χ2n) is 8.28. The van der Waals surface area contributed by atoms with Gasteiger partial charge < -0.3 is 11.1 Å². The normalized spacial score (nSPS) is 23.6. The van der Waals surface area contributed by atoms with Crippen LogP contribution in [0.15, 0.2) is 48.1 Å². The molecule has 1 amide bonds. The summed E-state index contributed by atoms with van der Waals surface area (Å²) < 4.78 is 0. The zero-order valence-corrected chi connectivity index (χ0v) is 15.6. The fraction of sp³-hybridized carbons (Fsp3) is 0.500. The summed E-state index contributed by atoms with van der Waals surface area (Å²) in [6, 6.07) is 8.19. The molecule has 0 fully saturated rings. The molecule has 2 atom stereocenters. The van der Waals surface area contributed by atoms with E-state index in [1.54, 1.807) is 0 Å². The molecule has 3 heteroatoms. The standard InChI is InChI=1S/C22H30N2O/c1-15-7-6-10-22(2,3)13-19(15)14-24-20(21(23)25)18-11-16-8-4-5-9-17(16)12-18/h4-6,8-10,13,15,18,20,24H,7,11-12,14H2,1-3H3,(H2,23,25). The maximum absolute atomic E-state index is 12.1. The highest BCUT2D eigenvalue weighted by Crippen LogP contribution is 2.31. The summed E-state index contributed by atoms with van der Waals surface area (Å²) in [6.07, 6.45) is 9.79. The molecule has 134 valence electrons. The number of nitrogens with one attached hydrogen (secondary N) is 1. The number of nitrogens with two attached hydrogens (primary N) is 1. The number of allylic oxidation sites excluding steroid dienone is 3. The van der Waals surface area contributed by atoms with E-state index in [0.29, 0.717) is 5.92 Å². The summed E-state index contributed by atoms with van der Waals surface area (Å²) in [5.41, 5.74) is 9.90. The lowest BCUT2D eigenvalue weighted by atomic mass is 9.89. The minimum Gasteiger partial charge on any atom is -0.368 e. The highest BCUT2D eigenvalue weighted by atomic mass is 16.1. The summed E-state index contributed by atoms with van der Waals surface area (Å²) >= 11 is 0. The van der Waals surface area contributed by atoms with Crippen molar-refractivity contribution in [1.82, 2.24) is 5.32 Å². The Balaban J connectivity index is 1.69. The van der Waals surface area contributed by atoms with Crippen molar-refractivity contribution in [3.8, 4) is 0 Å². The van der Waals surface area contributed by atoms with Crippen LogP contribution in [-0.4, -0.2) is 18.5 Å². The van der Waals surface area contributed by atoms with Crippen molar-refractivity contribution >= 4 is 5.91 Å². The fourth-order valence-electron chi connectivity index (χ4n) is 4.18. The molecule has 2 aliphatic carbocycles. The van der Waals surface area contributed by atoms with Gasteiger partial charge in [0.2, 0.25) is 5.91 Å². The van der Waals surface area contributed by atoms with Crippen molar-refractivity contribution in [3.05, 3.63) is 59.2 Å². The zero-order chi connectivity index (χ0) is 18.0. The smallest absolute Gasteiger partial charge is 0.234 e. The third-order valence-corrected chi connectivity index (χ3v) is 5.61. The van der Waals surface area contributed by atoms with E-state index in [0.717, 1.165) is 25.8 Å². The lowest BCUT2D eigenvalue weighted by Crippen LogP contribution is -2.48. The van der Waals surface area contributed by atoms with Crippen LogP contribution in [-0.2, 0) is 17.6 Å². The first-order valence-corrected chi connectivity index (χ1v) is 9.34. The minimum absolute atomic E-state index is 0.0631. The topological polar surface area (TPSA) is 55.1 Å². The second kappa shape index (κ2) is 7.17. The van der Waals surface area contributed by atoms with Crippen molar-refractivity contribution < 1.29 is 4.79 Å². The number of benzene rings is 1. The molecular formula is C22H30N2O. The molecule has 0 saturated carbocycles. The maximum Gasteiger partial charge on any atom is 0.234 e. The Labute approximate surface area is 151 Å². The van der Waals surface area contributed by atoms with Crippen LogP contribution in [0.2, 0.25) is 0 Å². The Morgan fingerprint density at radius 1 is 1.28 bits per heavy atom. The number of carbonyl (C=O) groups excluding carboxylic acids is 1. The van der Waals surface area contributed by atoms with E-state index in [4.69, 9.17) is 5.73 Å². The van der Waals surface area contributed by atoms with Crippen LogP contribution in [0.1, 0.15) is 38.3 Å². The van der Waals surface area contributed by atoms with Gasteiger partial charge in [-0.25, -0.2) is 0 Å². The van der Waals surface area contributed by atoms with Crippen LogP contribution < -0.4 is 11.1 Å². The molecule has 3 nitrogen and oxygen atoms in total. The highest BCUT2D eigenvalue weighted by Gasteiger charge is 2.32. The van der Waals surface area contributed by atoms with Gasteiger partial charge in [-0.15, -0.1) is 0 Å². The Hall–Kier alpha value is -1.87. The largest absolute Gasteiger partial charge is 0.368 e. The third kappa shape index (κ3) is 4.21.